The fraction of sp³-hybridized carbons (Fsp3) is 0.586. The molecule has 11 nitrogen and oxygen atoms in total. The number of rotatable bonds is 6. The summed E-state index contributed by atoms with van der Waals surface area (Å²) in [4.78, 5) is 42.4. The SMILES string of the molecule is COc1cc(C(=O)N2CCN(C3CCN(C)CC3)CC2)ccc1Nc1ncc2c(n1)n(C1CCCC1)c(=O)n2C. The number of ether oxygens (including phenoxy) is 1. The largest absolute Gasteiger partial charge is 0.495 e. The van der Waals surface area contributed by atoms with E-state index in [0.29, 0.717) is 40.2 Å². The molecule has 1 amide bonds. The number of nitrogens with one attached hydrogen (secondary N) is 1. The summed E-state index contributed by atoms with van der Waals surface area (Å²) in [5.41, 5.74) is 2.56. The maximum atomic E-state index is 13.4. The Balaban J connectivity index is 1.16. The van der Waals surface area contributed by atoms with Crippen molar-refractivity contribution in [2.45, 2.75) is 50.6 Å². The summed E-state index contributed by atoms with van der Waals surface area (Å²) < 4.78 is 9.09. The van der Waals surface area contributed by atoms with Crippen LogP contribution in [0.1, 0.15) is 54.9 Å². The average molecular weight is 549 g/mol. The summed E-state index contributed by atoms with van der Waals surface area (Å²) in [5.74, 6) is 0.948. The third-order valence-electron chi connectivity index (χ3n) is 9.02. The number of carbonyl (C=O) groups is 1. The number of nitrogens with zero attached hydrogens (tertiary/aromatic N) is 7. The molecule has 0 bridgehead atoms. The predicted molar refractivity (Wildman–Crippen MR) is 155 cm³/mol. The van der Waals surface area contributed by atoms with Crippen LogP contribution in [0.3, 0.4) is 0 Å². The first-order valence-electron chi connectivity index (χ1n) is 14.5. The van der Waals surface area contributed by atoms with Crippen molar-refractivity contribution in [3.63, 3.8) is 0 Å². The number of hydrogen-bond donors (Lipinski definition) is 1. The van der Waals surface area contributed by atoms with Crippen LogP contribution in [0.15, 0.2) is 29.2 Å². The number of aromatic nitrogens is 4. The standard InChI is InChI=1S/C29H40N8O3/c1-33-12-10-21(11-13-33)35-14-16-36(17-15-35)27(38)20-8-9-23(25(18-20)40-3)31-28-30-19-24-26(32-28)37(29(39)34(24)2)22-6-4-5-7-22/h8-9,18-19,21-22H,4-7,10-17H2,1-3H3,(H,30,31,32). The topological polar surface area (TPSA) is 101 Å². The van der Waals surface area contributed by atoms with Crippen LogP contribution in [0.2, 0.25) is 0 Å². The Bertz CT molecular complexity index is 1430. The molecular formula is C29H40N8O3. The van der Waals surface area contributed by atoms with Gasteiger partial charge >= 0.3 is 5.69 Å². The van der Waals surface area contributed by atoms with Gasteiger partial charge in [-0.2, -0.15) is 4.98 Å². The summed E-state index contributed by atoms with van der Waals surface area (Å²) in [6.45, 7) is 5.61. The average Bonchev–Trinajstić information content (AvgIpc) is 3.59. The van der Waals surface area contributed by atoms with E-state index in [2.05, 4.69) is 27.1 Å². The fourth-order valence-electron chi connectivity index (χ4n) is 6.57. The van der Waals surface area contributed by atoms with E-state index in [1.165, 1.54) is 12.8 Å². The molecule has 4 heterocycles. The molecule has 2 aliphatic heterocycles. The highest BCUT2D eigenvalue weighted by Crippen LogP contribution is 2.32. The molecule has 1 aliphatic carbocycles. The number of likely N-dealkylation sites (tertiary alicyclic amines) is 1. The van der Waals surface area contributed by atoms with Gasteiger partial charge in [0.2, 0.25) is 5.95 Å². The summed E-state index contributed by atoms with van der Waals surface area (Å²) in [6.07, 6.45) is 8.32. The van der Waals surface area contributed by atoms with E-state index >= 15 is 0 Å². The number of hydrogen-bond acceptors (Lipinski definition) is 8. The number of fused-ring (bicyclic) bond motifs is 1. The molecule has 1 N–H and O–H groups in total. The van der Waals surface area contributed by atoms with Gasteiger partial charge in [-0.1, -0.05) is 12.8 Å². The first-order chi connectivity index (χ1) is 19.4. The monoisotopic (exact) mass is 548 g/mol. The summed E-state index contributed by atoms with van der Waals surface area (Å²) in [5, 5.41) is 3.25. The molecule has 0 radical (unpaired) electrons. The molecule has 1 aromatic carbocycles. The van der Waals surface area contributed by atoms with Crippen molar-refractivity contribution in [2.75, 3.05) is 58.7 Å². The zero-order chi connectivity index (χ0) is 27.8. The molecular weight excluding hydrogens is 508 g/mol. The van der Waals surface area contributed by atoms with Crippen LogP contribution in [0, 0.1) is 0 Å². The fourth-order valence-corrected chi connectivity index (χ4v) is 6.57. The first kappa shape index (κ1) is 26.8. The van der Waals surface area contributed by atoms with Gasteiger partial charge in [-0.15, -0.1) is 0 Å². The molecule has 0 atom stereocenters. The van der Waals surface area contributed by atoms with Crippen molar-refractivity contribution in [3.8, 4) is 5.75 Å². The molecule has 3 aromatic rings. The van der Waals surface area contributed by atoms with Crippen LogP contribution in [-0.2, 0) is 7.05 Å². The Morgan fingerprint density at radius 1 is 0.975 bits per heavy atom. The third-order valence-corrected chi connectivity index (χ3v) is 9.02. The Labute approximate surface area is 234 Å². The molecule has 2 saturated heterocycles. The van der Waals surface area contributed by atoms with Gasteiger partial charge in [0.1, 0.15) is 11.3 Å². The normalized spacial score (nSPS) is 19.9. The van der Waals surface area contributed by atoms with Gasteiger partial charge < -0.3 is 19.9 Å². The highest BCUT2D eigenvalue weighted by molar-refractivity contribution is 5.95. The molecule has 1 saturated carbocycles. The highest BCUT2D eigenvalue weighted by Gasteiger charge is 2.29. The maximum absolute atomic E-state index is 13.4. The number of carbonyl (C=O) groups excluding carboxylic acids is 1. The summed E-state index contributed by atoms with van der Waals surface area (Å²) >= 11 is 0. The van der Waals surface area contributed by atoms with Gasteiger partial charge in [0, 0.05) is 50.9 Å². The predicted octanol–water partition coefficient (Wildman–Crippen LogP) is 2.85. The van der Waals surface area contributed by atoms with Crippen molar-refractivity contribution in [1.82, 2.24) is 33.8 Å². The molecule has 0 unspecified atom stereocenters. The maximum Gasteiger partial charge on any atom is 0.330 e. The Kier molecular flexibility index (Phi) is 7.50. The second-order valence-electron chi connectivity index (χ2n) is 11.5. The van der Waals surface area contributed by atoms with E-state index in [1.54, 1.807) is 31.0 Å². The van der Waals surface area contributed by atoms with E-state index in [1.807, 2.05) is 21.6 Å². The van der Waals surface area contributed by atoms with Crippen LogP contribution in [0.5, 0.6) is 5.75 Å². The minimum atomic E-state index is -0.0547. The van der Waals surface area contributed by atoms with Crippen LogP contribution in [-0.4, -0.2) is 99.2 Å². The summed E-state index contributed by atoms with van der Waals surface area (Å²) in [7, 11) is 5.54. The molecule has 2 aromatic heterocycles. The second kappa shape index (κ2) is 11.2. The van der Waals surface area contributed by atoms with Gasteiger partial charge in [0.25, 0.3) is 5.91 Å². The first-order valence-corrected chi connectivity index (χ1v) is 14.5. The second-order valence-corrected chi connectivity index (χ2v) is 11.5. The number of benzene rings is 1. The lowest BCUT2D eigenvalue weighted by Crippen LogP contribution is -2.54. The lowest BCUT2D eigenvalue weighted by Gasteiger charge is -2.42. The molecule has 6 rings (SSSR count). The molecule has 11 heteroatoms. The number of piperidine rings is 1. The van der Waals surface area contributed by atoms with Crippen LogP contribution >= 0.6 is 0 Å². The number of anilines is 2. The highest BCUT2D eigenvalue weighted by atomic mass is 16.5. The van der Waals surface area contributed by atoms with Gasteiger partial charge in [0.05, 0.1) is 19.0 Å². The Morgan fingerprint density at radius 3 is 2.40 bits per heavy atom. The lowest BCUT2D eigenvalue weighted by atomic mass is 10.0. The number of piperazine rings is 1. The van der Waals surface area contributed by atoms with Crippen LogP contribution < -0.4 is 15.7 Å². The lowest BCUT2D eigenvalue weighted by molar-refractivity contribution is 0.0475. The van der Waals surface area contributed by atoms with Crippen molar-refractivity contribution in [3.05, 3.63) is 40.4 Å². The van der Waals surface area contributed by atoms with Gasteiger partial charge in [-0.25, -0.2) is 9.78 Å². The van der Waals surface area contributed by atoms with Gasteiger partial charge in [-0.3, -0.25) is 18.8 Å². The van der Waals surface area contributed by atoms with E-state index in [4.69, 9.17) is 9.72 Å². The zero-order valence-electron chi connectivity index (χ0n) is 23.8. The number of amides is 1. The smallest absolute Gasteiger partial charge is 0.330 e. The molecule has 0 spiro atoms. The van der Waals surface area contributed by atoms with Crippen molar-refractivity contribution < 1.29 is 9.53 Å². The van der Waals surface area contributed by atoms with E-state index < -0.39 is 0 Å². The van der Waals surface area contributed by atoms with Crippen molar-refractivity contribution >= 4 is 28.7 Å². The quantitative estimate of drug-likeness (QED) is 0.502. The molecule has 3 aliphatic rings. The number of methoxy groups -OCH3 is 1. The number of aryl methyl sites for hydroxylation is 1. The summed E-state index contributed by atoms with van der Waals surface area (Å²) in [6, 6.07) is 6.24. The molecule has 40 heavy (non-hydrogen) atoms. The number of imidazole rings is 1. The zero-order valence-corrected chi connectivity index (χ0v) is 23.8. The van der Waals surface area contributed by atoms with Crippen LogP contribution in [0.25, 0.3) is 11.2 Å². The molecule has 3 fully saturated rings. The van der Waals surface area contributed by atoms with Gasteiger partial charge in [-0.05, 0) is 64.0 Å². The van der Waals surface area contributed by atoms with E-state index in [0.717, 1.165) is 65.0 Å². The molecule has 214 valence electrons. The van der Waals surface area contributed by atoms with Gasteiger partial charge in [0.15, 0.2) is 5.65 Å². The van der Waals surface area contributed by atoms with Crippen LogP contribution in [0.4, 0.5) is 11.6 Å². The third kappa shape index (κ3) is 5.08. The van der Waals surface area contributed by atoms with E-state index in [9.17, 15) is 9.59 Å². The minimum absolute atomic E-state index is 0.0235. The minimum Gasteiger partial charge on any atom is -0.495 e. The Morgan fingerprint density at radius 2 is 1.70 bits per heavy atom. The van der Waals surface area contributed by atoms with E-state index in [-0.39, 0.29) is 17.6 Å². The van der Waals surface area contributed by atoms with Crippen molar-refractivity contribution in [2.24, 2.45) is 7.05 Å². The Hall–Kier alpha value is -3.44. The van der Waals surface area contributed by atoms with Crippen molar-refractivity contribution in [1.29, 1.82) is 0 Å².